The van der Waals surface area contributed by atoms with Crippen LogP contribution in [0.25, 0.3) is 0 Å². The van der Waals surface area contributed by atoms with Gasteiger partial charge in [-0.15, -0.1) is 0 Å². The van der Waals surface area contributed by atoms with E-state index in [1.165, 1.54) is 12.8 Å². The third-order valence-electron chi connectivity index (χ3n) is 1.70. The third-order valence-corrected chi connectivity index (χ3v) is 1.70. The first-order valence-electron chi connectivity index (χ1n) is 3.54. The summed E-state index contributed by atoms with van der Waals surface area (Å²) in [6, 6.07) is 0. The maximum atomic E-state index is 5.27. The van der Waals surface area contributed by atoms with E-state index in [-0.39, 0.29) is 0 Å². The summed E-state index contributed by atoms with van der Waals surface area (Å²) in [5.41, 5.74) is 0. The molecule has 0 amide bonds. The standard InChI is InChI=1S/C7H14O2/c1-8-7-4-2-3-5-9-6-7/h7H,2-6H2,1H3. The molecule has 0 aromatic rings. The molecule has 1 rings (SSSR count). The molecule has 1 unspecified atom stereocenters. The van der Waals surface area contributed by atoms with Crippen molar-refractivity contribution in [3.05, 3.63) is 0 Å². The molecule has 0 radical (unpaired) electrons. The Balaban J connectivity index is 2.18. The molecule has 9 heavy (non-hydrogen) atoms. The van der Waals surface area contributed by atoms with Crippen LogP contribution in [0.5, 0.6) is 0 Å². The van der Waals surface area contributed by atoms with Crippen molar-refractivity contribution in [1.29, 1.82) is 0 Å². The zero-order chi connectivity index (χ0) is 6.53. The molecule has 0 spiro atoms. The molecule has 0 saturated carbocycles. The molecular weight excluding hydrogens is 116 g/mol. The molecular formula is C7H14O2. The summed E-state index contributed by atoms with van der Waals surface area (Å²) in [7, 11) is 1.75. The predicted molar refractivity (Wildman–Crippen MR) is 35.5 cm³/mol. The van der Waals surface area contributed by atoms with Crippen molar-refractivity contribution in [2.24, 2.45) is 0 Å². The fourth-order valence-electron chi connectivity index (χ4n) is 1.06. The lowest BCUT2D eigenvalue weighted by Crippen LogP contribution is -2.15. The van der Waals surface area contributed by atoms with Gasteiger partial charge in [-0.25, -0.2) is 0 Å². The second kappa shape index (κ2) is 3.85. The van der Waals surface area contributed by atoms with Crippen LogP contribution in [-0.4, -0.2) is 26.4 Å². The van der Waals surface area contributed by atoms with E-state index >= 15 is 0 Å². The van der Waals surface area contributed by atoms with Gasteiger partial charge in [0, 0.05) is 13.7 Å². The fourth-order valence-corrected chi connectivity index (χ4v) is 1.06. The largest absolute Gasteiger partial charge is 0.379 e. The summed E-state index contributed by atoms with van der Waals surface area (Å²) < 4.78 is 10.4. The summed E-state index contributed by atoms with van der Waals surface area (Å²) in [4.78, 5) is 0. The third kappa shape index (κ3) is 2.33. The van der Waals surface area contributed by atoms with Gasteiger partial charge >= 0.3 is 0 Å². The van der Waals surface area contributed by atoms with Crippen molar-refractivity contribution >= 4 is 0 Å². The van der Waals surface area contributed by atoms with E-state index in [1.807, 2.05) is 0 Å². The molecule has 1 aliphatic rings. The average molecular weight is 130 g/mol. The van der Waals surface area contributed by atoms with Gasteiger partial charge in [-0.1, -0.05) is 0 Å². The first-order valence-corrected chi connectivity index (χ1v) is 3.54. The summed E-state index contributed by atoms with van der Waals surface area (Å²) in [5, 5.41) is 0. The first-order chi connectivity index (χ1) is 4.43. The van der Waals surface area contributed by atoms with E-state index < -0.39 is 0 Å². The van der Waals surface area contributed by atoms with Crippen molar-refractivity contribution in [2.45, 2.75) is 25.4 Å². The Morgan fingerprint density at radius 2 is 2.33 bits per heavy atom. The smallest absolute Gasteiger partial charge is 0.0804 e. The zero-order valence-electron chi connectivity index (χ0n) is 5.93. The molecule has 2 nitrogen and oxygen atoms in total. The van der Waals surface area contributed by atoms with Crippen LogP contribution in [0, 0.1) is 0 Å². The molecule has 0 aliphatic carbocycles. The SMILES string of the molecule is COC1CCCCOC1. The van der Waals surface area contributed by atoms with Crippen LogP contribution in [0.15, 0.2) is 0 Å². The molecule has 54 valence electrons. The number of hydrogen-bond acceptors (Lipinski definition) is 2. The van der Waals surface area contributed by atoms with Gasteiger partial charge in [0.15, 0.2) is 0 Å². The number of rotatable bonds is 1. The van der Waals surface area contributed by atoms with E-state index in [1.54, 1.807) is 7.11 Å². The minimum atomic E-state index is 0.354. The van der Waals surface area contributed by atoms with E-state index in [0.29, 0.717) is 6.10 Å². The fraction of sp³-hybridized carbons (Fsp3) is 1.00. The lowest BCUT2D eigenvalue weighted by Gasteiger charge is -2.09. The summed E-state index contributed by atoms with van der Waals surface area (Å²) in [6.07, 6.45) is 3.96. The van der Waals surface area contributed by atoms with Gasteiger partial charge in [-0.2, -0.15) is 0 Å². The van der Waals surface area contributed by atoms with Gasteiger partial charge in [0.25, 0.3) is 0 Å². The number of hydrogen-bond donors (Lipinski definition) is 0. The maximum Gasteiger partial charge on any atom is 0.0804 e. The second-order valence-corrected chi connectivity index (χ2v) is 2.43. The Morgan fingerprint density at radius 3 is 3.11 bits per heavy atom. The van der Waals surface area contributed by atoms with Crippen molar-refractivity contribution in [2.75, 3.05) is 20.3 Å². The highest BCUT2D eigenvalue weighted by Crippen LogP contribution is 2.09. The van der Waals surface area contributed by atoms with Crippen molar-refractivity contribution in [1.82, 2.24) is 0 Å². The Bertz CT molecular complexity index is 65.3. The summed E-state index contributed by atoms with van der Waals surface area (Å²) >= 11 is 0. The maximum absolute atomic E-state index is 5.27. The monoisotopic (exact) mass is 130 g/mol. The molecule has 0 bridgehead atoms. The Labute approximate surface area is 56.2 Å². The van der Waals surface area contributed by atoms with E-state index in [0.717, 1.165) is 19.6 Å². The van der Waals surface area contributed by atoms with Crippen LogP contribution in [-0.2, 0) is 9.47 Å². The molecule has 1 heterocycles. The highest BCUT2D eigenvalue weighted by Gasteiger charge is 2.09. The quantitative estimate of drug-likeness (QED) is 0.531. The molecule has 1 saturated heterocycles. The number of ether oxygens (including phenoxy) is 2. The predicted octanol–water partition coefficient (Wildman–Crippen LogP) is 1.20. The van der Waals surface area contributed by atoms with Gasteiger partial charge in [0.05, 0.1) is 12.7 Å². The lowest BCUT2D eigenvalue weighted by molar-refractivity contribution is 0.0203. The van der Waals surface area contributed by atoms with E-state index in [9.17, 15) is 0 Å². The van der Waals surface area contributed by atoms with Crippen molar-refractivity contribution in [3.63, 3.8) is 0 Å². The van der Waals surface area contributed by atoms with Crippen molar-refractivity contribution in [3.8, 4) is 0 Å². The molecule has 0 aromatic heterocycles. The molecule has 1 fully saturated rings. The molecule has 0 aromatic carbocycles. The van der Waals surface area contributed by atoms with Crippen LogP contribution < -0.4 is 0 Å². The summed E-state index contributed by atoms with van der Waals surface area (Å²) in [5.74, 6) is 0. The van der Waals surface area contributed by atoms with Crippen LogP contribution in [0.1, 0.15) is 19.3 Å². The summed E-state index contributed by atoms with van der Waals surface area (Å²) in [6.45, 7) is 1.70. The first kappa shape index (κ1) is 7.03. The van der Waals surface area contributed by atoms with Crippen molar-refractivity contribution < 1.29 is 9.47 Å². The molecule has 0 N–H and O–H groups in total. The highest BCUT2D eigenvalue weighted by atomic mass is 16.5. The van der Waals surface area contributed by atoms with Gasteiger partial charge in [-0.3, -0.25) is 0 Å². The average Bonchev–Trinajstić information content (AvgIpc) is 2.13. The Morgan fingerprint density at radius 1 is 1.44 bits per heavy atom. The Hall–Kier alpha value is -0.0800. The van der Waals surface area contributed by atoms with Gasteiger partial charge in [-0.05, 0) is 19.3 Å². The van der Waals surface area contributed by atoms with Gasteiger partial charge < -0.3 is 9.47 Å². The Kier molecular flexibility index (Phi) is 3.01. The topological polar surface area (TPSA) is 18.5 Å². The van der Waals surface area contributed by atoms with Crippen LogP contribution in [0.2, 0.25) is 0 Å². The zero-order valence-corrected chi connectivity index (χ0v) is 5.93. The minimum Gasteiger partial charge on any atom is -0.379 e. The second-order valence-electron chi connectivity index (χ2n) is 2.43. The van der Waals surface area contributed by atoms with Crippen LogP contribution >= 0.6 is 0 Å². The normalized spacial score (nSPS) is 29.7. The molecule has 2 heteroatoms. The van der Waals surface area contributed by atoms with E-state index in [4.69, 9.17) is 9.47 Å². The van der Waals surface area contributed by atoms with E-state index in [2.05, 4.69) is 0 Å². The van der Waals surface area contributed by atoms with Crippen LogP contribution in [0.3, 0.4) is 0 Å². The van der Waals surface area contributed by atoms with Crippen LogP contribution in [0.4, 0.5) is 0 Å². The lowest BCUT2D eigenvalue weighted by atomic mass is 10.2. The number of methoxy groups -OCH3 is 1. The molecule has 1 aliphatic heterocycles. The minimum absolute atomic E-state index is 0.354. The van der Waals surface area contributed by atoms with Gasteiger partial charge in [0.2, 0.25) is 0 Å². The van der Waals surface area contributed by atoms with Gasteiger partial charge in [0.1, 0.15) is 0 Å². The molecule has 1 atom stereocenters. The highest BCUT2D eigenvalue weighted by molar-refractivity contribution is 4.59.